The summed E-state index contributed by atoms with van der Waals surface area (Å²) in [6, 6.07) is 0. The first-order chi connectivity index (χ1) is 11.2. The van der Waals surface area contributed by atoms with E-state index in [0.717, 1.165) is 0 Å². The van der Waals surface area contributed by atoms with Gasteiger partial charge in [0.05, 0.1) is 24.4 Å². The number of aromatic nitrogens is 4. The molecule has 1 amide bonds. The fourth-order valence-electron chi connectivity index (χ4n) is 1.25. The van der Waals surface area contributed by atoms with Gasteiger partial charge in [-0.15, -0.1) is 0 Å². The van der Waals surface area contributed by atoms with Crippen molar-refractivity contribution in [1.29, 1.82) is 0 Å². The van der Waals surface area contributed by atoms with E-state index in [0.29, 0.717) is 18.7 Å². The van der Waals surface area contributed by atoms with Crippen LogP contribution in [0.15, 0.2) is 31.1 Å². The number of anilines is 1. The van der Waals surface area contributed by atoms with Crippen LogP contribution in [0, 0.1) is 0 Å². The molecule has 0 aliphatic heterocycles. The lowest BCUT2D eigenvalue weighted by Gasteiger charge is -2.04. The number of aryl methyl sites for hydroxylation is 1. The number of aliphatic carboxylic acids is 1. The zero-order valence-corrected chi connectivity index (χ0v) is 12.6. The van der Waals surface area contributed by atoms with Gasteiger partial charge in [0.15, 0.2) is 0 Å². The highest BCUT2D eigenvalue weighted by molar-refractivity contribution is 6.28. The summed E-state index contributed by atoms with van der Waals surface area (Å²) in [5.41, 5.74) is 0.532. The van der Waals surface area contributed by atoms with Gasteiger partial charge in [-0.25, -0.2) is 19.7 Å². The summed E-state index contributed by atoms with van der Waals surface area (Å²) >= 11 is 5.53. The topological polar surface area (TPSA) is 110 Å². The van der Waals surface area contributed by atoms with E-state index >= 15 is 0 Å². The predicted molar refractivity (Wildman–Crippen MR) is 76.2 cm³/mol. The number of halogens is 4. The second-order valence-corrected chi connectivity index (χ2v) is 4.48. The molecule has 0 bridgehead atoms. The van der Waals surface area contributed by atoms with Gasteiger partial charge in [-0.05, 0) is 11.6 Å². The number of nitrogens with zero attached hydrogens (tertiary/aromatic N) is 4. The zero-order chi connectivity index (χ0) is 18.2. The number of rotatable bonds is 4. The van der Waals surface area contributed by atoms with Crippen LogP contribution >= 0.6 is 11.6 Å². The third-order valence-corrected chi connectivity index (χ3v) is 2.50. The third kappa shape index (κ3) is 7.54. The van der Waals surface area contributed by atoms with Crippen LogP contribution in [0.25, 0.3) is 0 Å². The largest absolute Gasteiger partial charge is 0.490 e. The maximum absolute atomic E-state index is 11.6. The van der Waals surface area contributed by atoms with E-state index in [4.69, 9.17) is 21.5 Å². The van der Waals surface area contributed by atoms with E-state index in [1.165, 1.54) is 12.4 Å². The van der Waals surface area contributed by atoms with Gasteiger partial charge in [0, 0.05) is 25.4 Å². The maximum Gasteiger partial charge on any atom is 0.490 e. The lowest BCUT2D eigenvalue weighted by molar-refractivity contribution is -0.192. The summed E-state index contributed by atoms with van der Waals surface area (Å²) in [6.07, 6.45) is 3.34. The van der Waals surface area contributed by atoms with Crippen molar-refractivity contribution in [2.75, 3.05) is 5.32 Å². The second kappa shape index (κ2) is 8.82. The van der Waals surface area contributed by atoms with Gasteiger partial charge >= 0.3 is 12.1 Å². The van der Waals surface area contributed by atoms with Crippen LogP contribution < -0.4 is 5.32 Å². The van der Waals surface area contributed by atoms with Gasteiger partial charge < -0.3 is 15.0 Å². The molecule has 0 aromatic carbocycles. The minimum atomic E-state index is -5.08. The Hall–Kier alpha value is -2.69. The number of carbonyl (C=O) groups excluding carboxylic acids is 1. The van der Waals surface area contributed by atoms with Gasteiger partial charge in [0.2, 0.25) is 11.2 Å². The number of carboxylic acids is 1. The van der Waals surface area contributed by atoms with Crippen LogP contribution in [0.3, 0.4) is 0 Å². The first kappa shape index (κ1) is 19.4. The summed E-state index contributed by atoms with van der Waals surface area (Å²) in [5.74, 6) is -2.86. The van der Waals surface area contributed by atoms with Crippen LogP contribution in [0.4, 0.5) is 18.9 Å². The Morgan fingerprint density at radius 3 is 2.33 bits per heavy atom. The minimum absolute atomic E-state index is 0.107. The smallest absolute Gasteiger partial charge is 0.475 e. The fraction of sp³-hybridized carbons (Fsp3) is 0.250. The van der Waals surface area contributed by atoms with E-state index < -0.39 is 12.1 Å². The molecule has 2 N–H and O–H groups in total. The van der Waals surface area contributed by atoms with Crippen LogP contribution in [0.1, 0.15) is 6.42 Å². The maximum atomic E-state index is 11.6. The van der Waals surface area contributed by atoms with E-state index in [1.54, 1.807) is 18.7 Å². The molecule has 24 heavy (non-hydrogen) atoms. The molecule has 0 unspecified atom stereocenters. The quantitative estimate of drug-likeness (QED) is 0.802. The number of alkyl halides is 3. The lowest BCUT2D eigenvalue weighted by Crippen LogP contribution is -2.21. The molecular weight excluding hydrogens is 355 g/mol. The Bertz CT molecular complexity index is 662. The van der Waals surface area contributed by atoms with Gasteiger partial charge in [-0.1, -0.05) is 0 Å². The Morgan fingerprint density at radius 1 is 1.29 bits per heavy atom. The predicted octanol–water partition coefficient (Wildman–Crippen LogP) is 1.99. The summed E-state index contributed by atoms with van der Waals surface area (Å²) in [6.45, 7) is 0.584. The van der Waals surface area contributed by atoms with Crippen molar-refractivity contribution in [3.63, 3.8) is 0 Å². The third-order valence-electron chi connectivity index (χ3n) is 2.30. The van der Waals surface area contributed by atoms with Crippen LogP contribution in [-0.4, -0.2) is 42.7 Å². The molecule has 2 heterocycles. The minimum Gasteiger partial charge on any atom is -0.475 e. The molecule has 2 rings (SSSR count). The molecule has 0 atom stereocenters. The van der Waals surface area contributed by atoms with Crippen molar-refractivity contribution in [3.8, 4) is 0 Å². The van der Waals surface area contributed by atoms with Gasteiger partial charge in [0.25, 0.3) is 0 Å². The molecule has 12 heteroatoms. The van der Waals surface area contributed by atoms with Crippen molar-refractivity contribution in [2.45, 2.75) is 19.1 Å². The SMILES string of the molecule is O=C(CCn1ccnc1)Nc1cnc(Cl)nc1.O=C(O)C(F)(F)F. The molecule has 2 aromatic heterocycles. The molecular formula is C12H11ClF3N5O3. The molecule has 8 nitrogen and oxygen atoms in total. The monoisotopic (exact) mass is 365 g/mol. The Kier molecular flexibility index (Phi) is 7.11. The van der Waals surface area contributed by atoms with Crippen LogP contribution in [-0.2, 0) is 16.1 Å². The highest BCUT2D eigenvalue weighted by Crippen LogP contribution is 2.13. The molecule has 130 valence electrons. The average molecular weight is 366 g/mol. The molecule has 0 radical (unpaired) electrons. The van der Waals surface area contributed by atoms with Gasteiger partial charge in [-0.2, -0.15) is 13.2 Å². The number of nitrogens with one attached hydrogen (secondary N) is 1. The van der Waals surface area contributed by atoms with E-state index in [9.17, 15) is 18.0 Å². The number of hydrogen-bond acceptors (Lipinski definition) is 5. The molecule has 0 saturated carbocycles. The lowest BCUT2D eigenvalue weighted by atomic mass is 10.4. The second-order valence-electron chi connectivity index (χ2n) is 4.14. The number of amides is 1. The normalized spacial score (nSPS) is 10.5. The summed E-state index contributed by atoms with van der Waals surface area (Å²) < 4.78 is 33.6. The average Bonchev–Trinajstić information content (AvgIpc) is 3.01. The van der Waals surface area contributed by atoms with Gasteiger partial charge in [-0.3, -0.25) is 4.79 Å². The Labute approximate surface area is 138 Å². The number of imidazole rings is 1. The molecule has 0 saturated heterocycles. The molecule has 0 spiro atoms. The zero-order valence-electron chi connectivity index (χ0n) is 11.9. The van der Waals surface area contributed by atoms with Crippen molar-refractivity contribution in [2.24, 2.45) is 0 Å². The number of hydrogen-bond donors (Lipinski definition) is 2. The first-order valence-corrected chi connectivity index (χ1v) is 6.59. The summed E-state index contributed by atoms with van der Waals surface area (Å²) in [5, 5.41) is 9.95. The summed E-state index contributed by atoms with van der Waals surface area (Å²) in [7, 11) is 0. The van der Waals surface area contributed by atoms with Crippen molar-refractivity contribution >= 4 is 29.2 Å². The molecule has 0 fully saturated rings. The summed E-state index contributed by atoms with van der Waals surface area (Å²) in [4.78, 5) is 31.9. The number of carbonyl (C=O) groups is 2. The Morgan fingerprint density at radius 2 is 1.88 bits per heavy atom. The number of carboxylic acid groups (broad SMARTS) is 1. The highest BCUT2D eigenvalue weighted by atomic mass is 35.5. The fourth-order valence-corrected chi connectivity index (χ4v) is 1.35. The van der Waals surface area contributed by atoms with E-state index in [-0.39, 0.29) is 11.2 Å². The standard InChI is InChI=1S/C10H10ClN5O.C2HF3O2/c11-10-13-5-8(6-14-10)15-9(17)1-3-16-4-2-12-7-16;3-2(4,5)1(6)7/h2,4-7H,1,3H2,(H,15,17);(H,6,7). The van der Waals surface area contributed by atoms with Crippen molar-refractivity contribution in [3.05, 3.63) is 36.4 Å². The first-order valence-electron chi connectivity index (χ1n) is 6.21. The molecule has 2 aromatic rings. The van der Waals surface area contributed by atoms with Crippen LogP contribution in [0.5, 0.6) is 0 Å². The van der Waals surface area contributed by atoms with Crippen LogP contribution in [0.2, 0.25) is 5.28 Å². The highest BCUT2D eigenvalue weighted by Gasteiger charge is 2.38. The van der Waals surface area contributed by atoms with Gasteiger partial charge in [0.1, 0.15) is 0 Å². The molecule has 0 aliphatic rings. The molecule has 0 aliphatic carbocycles. The van der Waals surface area contributed by atoms with Crippen molar-refractivity contribution in [1.82, 2.24) is 19.5 Å². The van der Waals surface area contributed by atoms with Crippen molar-refractivity contribution < 1.29 is 27.9 Å². The van der Waals surface area contributed by atoms with E-state index in [1.807, 2.05) is 4.57 Å². The Balaban J connectivity index is 0.000000351. The van der Waals surface area contributed by atoms with E-state index in [2.05, 4.69) is 20.3 Å².